The Labute approximate surface area is 151 Å². The van der Waals surface area contributed by atoms with Crippen molar-refractivity contribution in [3.8, 4) is 0 Å². The number of rotatable bonds is 5. The van der Waals surface area contributed by atoms with Crippen molar-refractivity contribution in [2.75, 3.05) is 6.54 Å². The fourth-order valence-electron chi connectivity index (χ4n) is 4.04. The highest BCUT2D eigenvalue weighted by molar-refractivity contribution is 7.18. The van der Waals surface area contributed by atoms with Crippen LogP contribution in [0.2, 0.25) is 5.02 Å². The first-order valence-electron chi connectivity index (χ1n) is 8.73. The van der Waals surface area contributed by atoms with Crippen LogP contribution in [0.25, 0.3) is 10.2 Å². The predicted octanol–water partition coefficient (Wildman–Crippen LogP) is 3.53. The minimum atomic E-state index is 0.186. The number of hydrogen-bond acceptors (Lipinski definition) is 4. The lowest BCUT2D eigenvalue weighted by molar-refractivity contribution is -0.122. The first-order chi connectivity index (χ1) is 11.7. The van der Waals surface area contributed by atoms with Crippen LogP contribution in [0, 0.1) is 5.92 Å². The molecule has 6 heteroatoms. The maximum absolute atomic E-state index is 12.2. The number of nitrogens with one attached hydrogen (secondary N) is 2. The Balaban J connectivity index is 1.25. The molecular weight excluding hydrogens is 342 g/mol. The summed E-state index contributed by atoms with van der Waals surface area (Å²) in [6.07, 6.45) is 6.32. The van der Waals surface area contributed by atoms with E-state index in [1.807, 2.05) is 18.2 Å². The Morgan fingerprint density at radius 2 is 2.12 bits per heavy atom. The number of aromatic nitrogens is 1. The summed E-state index contributed by atoms with van der Waals surface area (Å²) in [5.74, 6) is 0.735. The summed E-state index contributed by atoms with van der Waals surface area (Å²) in [6, 6.07) is 7.08. The molecular formula is C18H22ClN3OS. The van der Waals surface area contributed by atoms with Crippen molar-refractivity contribution in [3.05, 3.63) is 28.2 Å². The lowest BCUT2D eigenvalue weighted by Gasteiger charge is -2.28. The van der Waals surface area contributed by atoms with E-state index in [0.717, 1.165) is 34.5 Å². The molecule has 1 amide bonds. The van der Waals surface area contributed by atoms with Crippen molar-refractivity contribution in [1.29, 1.82) is 0 Å². The highest BCUT2D eigenvalue weighted by Crippen LogP contribution is 2.32. The van der Waals surface area contributed by atoms with Gasteiger partial charge < -0.3 is 10.6 Å². The fraction of sp³-hybridized carbons (Fsp3) is 0.556. The predicted molar refractivity (Wildman–Crippen MR) is 98.6 cm³/mol. The molecule has 0 aliphatic carbocycles. The average molecular weight is 364 g/mol. The van der Waals surface area contributed by atoms with Gasteiger partial charge in [0.1, 0.15) is 0 Å². The quantitative estimate of drug-likeness (QED) is 0.854. The van der Waals surface area contributed by atoms with Gasteiger partial charge in [-0.05, 0) is 49.8 Å². The van der Waals surface area contributed by atoms with Gasteiger partial charge in [-0.25, -0.2) is 4.98 Å². The highest BCUT2D eigenvalue weighted by atomic mass is 35.5. The van der Waals surface area contributed by atoms with Gasteiger partial charge in [-0.2, -0.15) is 0 Å². The van der Waals surface area contributed by atoms with E-state index in [0.29, 0.717) is 36.0 Å². The number of amides is 1. The zero-order valence-electron chi connectivity index (χ0n) is 13.6. The van der Waals surface area contributed by atoms with Crippen LogP contribution in [-0.2, 0) is 11.2 Å². The molecule has 4 nitrogen and oxygen atoms in total. The second-order valence-electron chi connectivity index (χ2n) is 7.00. The summed E-state index contributed by atoms with van der Waals surface area (Å²) in [4.78, 5) is 16.8. The van der Waals surface area contributed by atoms with E-state index in [-0.39, 0.29) is 5.91 Å². The summed E-state index contributed by atoms with van der Waals surface area (Å²) >= 11 is 7.67. The topological polar surface area (TPSA) is 54.0 Å². The van der Waals surface area contributed by atoms with E-state index in [2.05, 4.69) is 15.6 Å². The molecule has 2 unspecified atom stereocenters. The third-order valence-corrected chi connectivity index (χ3v) is 6.43. The molecule has 2 fully saturated rings. The van der Waals surface area contributed by atoms with E-state index >= 15 is 0 Å². The normalized spacial score (nSPS) is 26.0. The Hall–Kier alpha value is -1.17. The number of thiazole rings is 1. The van der Waals surface area contributed by atoms with Gasteiger partial charge in [-0.1, -0.05) is 11.6 Å². The molecule has 3 heterocycles. The Morgan fingerprint density at radius 3 is 2.92 bits per heavy atom. The standard InChI is InChI=1S/C18H22ClN3OS/c19-12-1-4-16-15(10-12)22-18(24-16)5-6-20-17(23)9-11-7-13-2-3-14(8-11)21-13/h1,4,10-11,13-14,21H,2-3,5-9H2,(H,20,23). The summed E-state index contributed by atoms with van der Waals surface area (Å²) in [5, 5.41) is 8.45. The number of benzene rings is 1. The van der Waals surface area contributed by atoms with Crippen LogP contribution in [0.3, 0.4) is 0 Å². The average Bonchev–Trinajstić information content (AvgIpc) is 3.09. The lowest BCUT2D eigenvalue weighted by Crippen LogP contribution is -2.39. The zero-order valence-corrected chi connectivity index (χ0v) is 15.1. The van der Waals surface area contributed by atoms with E-state index in [1.165, 1.54) is 12.8 Å². The maximum Gasteiger partial charge on any atom is 0.220 e. The van der Waals surface area contributed by atoms with Gasteiger partial charge >= 0.3 is 0 Å². The Kier molecular flexibility index (Phi) is 4.74. The van der Waals surface area contributed by atoms with E-state index < -0.39 is 0 Å². The fourth-order valence-corrected chi connectivity index (χ4v) is 5.15. The molecule has 0 radical (unpaired) electrons. The molecule has 0 saturated carbocycles. The highest BCUT2D eigenvalue weighted by Gasteiger charge is 2.34. The number of carbonyl (C=O) groups is 1. The van der Waals surface area contributed by atoms with Crippen LogP contribution in [0.1, 0.15) is 37.1 Å². The molecule has 2 aliphatic heterocycles. The van der Waals surface area contributed by atoms with Gasteiger partial charge in [0.2, 0.25) is 5.91 Å². The van der Waals surface area contributed by atoms with Gasteiger partial charge in [-0.3, -0.25) is 4.79 Å². The minimum Gasteiger partial charge on any atom is -0.356 e. The molecule has 0 spiro atoms. The van der Waals surface area contributed by atoms with Gasteiger partial charge in [-0.15, -0.1) is 11.3 Å². The molecule has 24 heavy (non-hydrogen) atoms. The van der Waals surface area contributed by atoms with Crippen molar-refractivity contribution in [2.24, 2.45) is 5.92 Å². The van der Waals surface area contributed by atoms with Crippen LogP contribution in [0.5, 0.6) is 0 Å². The molecule has 1 aromatic heterocycles. The number of carbonyl (C=O) groups excluding carboxylic acids is 1. The Bertz CT molecular complexity index is 735. The molecule has 2 saturated heterocycles. The van der Waals surface area contributed by atoms with Gasteiger partial charge in [0.15, 0.2) is 0 Å². The Morgan fingerprint density at radius 1 is 1.33 bits per heavy atom. The van der Waals surface area contributed by atoms with Gasteiger partial charge in [0.25, 0.3) is 0 Å². The third kappa shape index (κ3) is 3.73. The summed E-state index contributed by atoms with van der Waals surface area (Å²) in [7, 11) is 0. The molecule has 2 aromatic rings. The number of nitrogens with zero attached hydrogens (tertiary/aromatic N) is 1. The van der Waals surface area contributed by atoms with Crippen molar-refractivity contribution in [3.63, 3.8) is 0 Å². The molecule has 128 valence electrons. The van der Waals surface area contributed by atoms with Crippen LogP contribution in [0.15, 0.2) is 18.2 Å². The monoisotopic (exact) mass is 363 g/mol. The first-order valence-corrected chi connectivity index (χ1v) is 9.93. The van der Waals surface area contributed by atoms with E-state index in [1.54, 1.807) is 11.3 Å². The molecule has 1 aromatic carbocycles. The van der Waals surface area contributed by atoms with E-state index in [4.69, 9.17) is 11.6 Å². The minimum absolute atomic E-state index is 0.186. The van der Waals surface area contributed by atoms with Crippen molar-refractivity contribution in [2.45, 2.75) is 50.6 Å². The summed E-state index contributed by atoms with van der Waals surface area (Å²) < 4.78 is 1.14. The van der Waals surface area contributed by atoms with Crippen LogP contribution in [-0.4, -0.2) is 29.5 Å². The van der Waals surface area contributed by atoms with Crippen molar-refractivity contribution >= 4 is 39.1 Å². The zero-order chi connectivity index (χ0) is 16.5. The second kappa shape index (κ2) is 6.98. The maximum atomic E-state index is 12.2. The van der Waals surface area contributed by atoms with Crippen molar-refractivity contribution < 1.29 is 4.79 Å². The SMILES string of the molecule is O=C(CC1CC2CCC(C1)N2)NCCc1nc2cc(Cl)ccc2s1. The number of fused-ring (bicyclic) bond motifs is 3. The van der Waals surface area contributed by atoms with Crippen molar-refractivity contribution in [1.82, 2.24) is 15.6 Å². The third-order valence-electron chi connectivity index (χ3n) is 5.10. The summed E-state index contributed by atoms with van der Waals surface area (Å²) in [5.41, 5.74) is 0.944. The number of hydrogen-bond donors (Lipinski definition) is 2. The smallest absolute Gasteiger partial charge is 0.220 e. The largest absolute Gasteiger partial charge is 0.356 e. The number of halogens is 1. The second-order valence-corrected chi connectivity index (χ2v) is 8.55. The molecule has 4 rings (SSSR count). The van der Waals surface area contributed by atoms with Crippen LogP contribution < -0.4 is 10.6 Å². The van der Waals surface area contributed by atoms with E-state index in [9.17, 15) is 4.79 Å². The van der Waals surface area contributed by atoms with Crippen LogP contribution >= 0.6 is 22.9 Å². The van der Waals surface area contributed by atoms with Gasteiger partial charge in [0, 0.05) is 36.5 Å². The van der Waals surface area contributed by atoms with Gasteiger partial charge in [0.05, 0.1) is 15.2 Å². The molecule has 2 atom stereocenters. The number of piperidine rings is 1. The summed E-state index contributed by atoms with van der Waals surface area (Å²) in [6.45, 7) is 0.657. The van der Waals surface area contributed by atoms with Crippen LogP contribution in [0.4, 0.5) is 0 Å². The molecule has 2 aliphatic rings. The first kappa shape index (κ1) is 16.3. The molecule has 2 N–H and O–H groups in total. The molecule has 2 bridgehead atoms. The lowest BCUT2D eigenvalue weighted by atomic mass is 9.89.